The van der Waals surface area contributed by atoms with E-state index in [1.165, 1.54) is 12.5 Å². The summed E-state index contributed by atoms with van der Waals surface area (Å²) in [6.07, 6.45) is 6.16. The summed E-state index contributed by atoms with van der Waals surface area (Å²) < 4.78 is 1.79. The van der Waals surface area contributed by atoms with E-state index in [2.05, 4.69) is 30.4 Å². The van der Waals surface area contributed by atoms with Gasteiger partial charge in [-0.25, -0.2) is 19.6 Å². The van der Waals surface area contributed by atoms with Gasteiger partial charge >= 0.3 is 0 Å². The molecule has 3 aromatic heterocycles. The number of rotatable bonds is 4. The Morgan fingerprint density at radius 3 is 2.62 bits per heavy atom. The summed E-state index contributed by atoms with van der Waals surface area (Å²) in [6.45, 7) is 5.12. The van der Waals surface area contributed by atoms with E-state index in [4.69, 9.17) is 0 Å². The van der Waals surface area contributed by atoms with Gasteiger partial charge in [0.25, 0.3) is 0 Å². The Morgan fingerprint density at radius 2 is 1.92 bits per heavy atom. The van der Waals surface area contributed by atoms with E-state index in [9.17, 15) is 4.79 Å². The fraction of sp³-hybridized carbons (Fsp3) is 0.294. The molecule has 0 unspecified atom stereocenters. The van der Waals surface area contributed by atoms with Gasteiger partial charge in [0.1, 0.15) is 12.1 Å². The number of nitrogens with zero attached hydrogens (tertiary/aromatic N) is 7. The van der Waals surface area contributed by atoms with Crippen LogP contribution in [0.5, 0.6) is 0 Å². The fourth-order valence-electron chi connectivity index (χ4n) is 2.91. The SMILES string of the molecule is Cc1cc(C)n(-c2cc(N3CC(C(=O)Nc4cnccn4)C3)ncn2)n1. The smallest absolute Gasteiger partial charge is 0.232 e. The fourth-order valence-corrected chi connectivity index (χ4v) is 2.91. The van der Waals surface area contributed by atoms with Crippen molar-refractivity contribution >= 4 is 17.5 Å². The Kier molecular flexibility index (Phi) is 4.04. The zero-order chi connectivity index (χ0) is 18.1. The van der Waals surface area contributed by atoms with Crippen LogP contribution < -0.4 is 10.2 Å². The molecule has 1 aliphatic rings. The van der Waals surface area contributed by atoms with Crippen LogP contribution in [0.15, 0.2) is 37.1 Å². The lowest BCUT2D eigenvalue weighted by Crippen LogP contribution is -2.52. The van der Waals surface area contributed by atoms with E-state index >= 15 is 0 Å². The highest BCUT2D eigenvalue weighted by Crippen LogP contribution is 2.24. The Morgan fingerprint density at radius 1 is 1.12 bits per heavy atom. The minimum absolute atomic E-state index is 0.0606. The van der Waals surface area contributed by atoms with Crippen LogP contribution in [0.1, 0.15) is 11.4 Å². The van der Waals surface area contributed by atoms with Gasteiger partial charge in [-0.3, -0.25) is 9.78 Å². The molecule has 1 N–H and O–H groups in total. The number of hydrogen-bond donors (Lipinski definition) is 1. The summed E-state index contributed by atoms with van der Waals surface area (Å²) in [6, 6.07) is 3.88. The zero-order valence-corrected chi connectivity index (χ0v) is 14.5. The van der Waals surface area contributed by atoms with Gasteiger partial charge in [0.05, 0.1) is 17.8 Å². The first-order valence-corrected chi connectivity index (χ1v) is 8.27. The predicted molar refractivity (Wildman–Crippen MR) is 95.0 cm³/mol. The number of aromatic nitrogens is 6. The molecule has 1 amide bonds. The lowest BCUT2D eigenvalue weighted by Gasteiger charge is -2.38. The summed E-state index contributed by atoms with van der Waals surface area (Å²) in [5, 5.41) is 7.22. The van der Waals surface area contributed by atoms with Crippen molar-refractivity contribution in [3.63, 3.8) is 0 Å². The maximum Gasteiger partial charge on any atom is 0.232 e. The highest BCUT2D eigenvalue weighted by Gasteiger charge is 2.34. The summed E-state index contributed by atoms with van der Waals surface area (Å²) >= 11 is 0. The molecular formula is C17H18N8O. The molecule has 1 saturated heterocycles. The van der Waals surface area contributed by atoms with Crippen molar-refractivity contribution in [3.05, 3.63) is 48.4 Å². The lowest BCUT2D eigenvalue weighted by molar-refractivity contribution is -0.120. The number of carbonyl (C=O) groups excluding carboxylic acids is 1. The van der Waals surface area contributed by atoms with Crippen molar-refractivity contribution in [2.24, 2.45) is 5.92 Å². The number of aryl methyl sites for hydroxylation is 2. The van der Waals surface area contributed by atoms with Crippen LogP contribution in [0.3, 0.4) is 0 Å². The number of amides is 1. The number of anilines is 2. The topological polar surface area (TPSA) is 102 Å². The Labute approximate surface area is 150 Å². The zero-order valence-electron chi connectivity index (χ0n) is 14.5. The van der Waals surface area contributed by atoms with Gasteiger partial charge in [-0.15, -0.1) is 0 Å². The van der Waals surface area contributed by atoms with E-state index in [1.54, 1.807) is 17.1 Å². The summed E-state index contributed by atoms with van der Waals surface area (Å²) in [7, 11) is 0. The van der Waals surface area contributed by atoms with Crippen LogP contribution in [0, 0.1) is 19.8 Å². The number of nitrogens with one attached hydrogen (secondary N) is 1. The minimum Gasteiger partial charge on any atom is -0.355 e. The van der Waals surface area contributed by atoms with Gasteiger partial charge in [-0.05, 0) is 19.9 Å². The largest absolute Gasteiger partial charge is 0.355 e. The molecular weight excluding hydrogens is 332 g/mol. The van der Waals surface area contributed by atoms with E-state index in [-0.39, 0.29) is 11.8 Å². The monoisotopic (exact) mass is 350 g/mol. The molecule has 26 heavy (non-hydrogen) atoms. The molecule has 0 atom stereocenters. The molecule has 9 heteroatoms. The first-order chi connectivity index (χ1) is 12.6. The number of hydrogen-bond acceptors (Lipinski definition) is 7. The average molecular weight is 350 g/mol. The molecule has 1 aliphatic heterocycles. The molecule has 4 heterocycles. The van der Waals surface area contributed by atoms with Gasteiger partial charge in [0, 0.05) is 37.2 Å². The molecule has 3 aromatic rings. The predicted octanol–water partition coefficient (Wildman–Crippen LogP) is 1.14. The molecule has 0 aromatic carbocycles. The molecule has 0 aliphatic carbocycles. The maximum absolute atomic E-state index is 12.3. The van der Waals surface area contributed by atoms with Crippen LogP contribution >= 0.6 is 0 Å². The summed E-state index contributed by atoms with van der Waals surface area (Å²) in [4.78, 5) is 30.9. The van der Waals surface area contributed by atoms with Crippen molar-refractivity contribution in [2.45, 2.75) is 13.8 Å². The van der Waals surface area contributed by atoms with Crippen LogP contribution in [-0.4, -0.2) is 48.7 Å². The molecule has 4 rings (SSSR count). The first kappa shape index (κ1) is 16.1. The average Bonchev–Trinajstić information content (AvgIpc) is 2.93. The summed E-state index contributed by atoms with van der Waals surface area (Å²) in [5.74, 6) is 1.79. The van der Waals surface area contributed by atoms with Crippen molar-refractivity contribution in [3.8, 4) is 5.82 Å². The quantitative estimate of drug-likeness (QED) is 0.753. The van der Waals surface area contributed by atoms with E-state index < -0.39 is 0 Å². The van der Waals surface area contributed by atoms with E-state index in [1.807, 2.05) is 30.9 Å². The normalized spacial score (nSPS) is 14.2. The standard InChI is InChI=1S/C17H18N8O/c1-11-5-12(2)25(23-11)16-6-15(20-10-21-16)24-8-13(9-24)17(26)22-14-7-18-3-4-19-14/h3-7,10,13H,8-9H2,1-2H3,(H,19,22,26). The molecule has 0 spiro atoms. The third-order valence-corrected chi connectivity index (χ3v) is 4.26. The van der Waals surface area contributed by atoms with Gasteiger partial charge in [-0.1, -0.05) is 0 Å². The van der Waals surface area contributed by atoms with Crippen LogP contribution in [-0.2, 0) is 4.79 Å². The van der Waals surface area contributed by atoms with Crippen LogP contribution in [0.4, 0.5) is 11.6 Å². The van der Waals surface area contributed by atoms with Gasteiger partial charge in [-0.2, -0.15) is 5.10 Å². The Hall–Kier alpha value is -3.36. The molecule has 0 saturated carbocycles. The highest BCUT2D eigenvalue weighted by atomic mass is 16.2. The van der Waals surface area contributed by atoms with Crippen molar-refractivity contribution < 1.29 is 4.79 Å². The molecule has 0 radical (unpaired) electrons. The van der Waals surface area contributed by atoms with Gasteiger partial charge in [0.15, 0.2) is 11.6 Å². The van der Waals surface area contributed by atoms with Crippen LogP contribution in [0.2, 0.25) is 0 Å². The highest BCUT2D eigenvalue weighted by molar-refractivity contribution is 5.93. The van der Waals surface area contributed by atoms with Crippen LogP contribution in [0.25, 0.3) is 5.82 Å². The third kappa shape index (κ3) is 3.10. The lowest BCUT2D eigenvalue weighted by atomic mass is 9.99. The summed E-state index contributed by atoms with van der Waals surface area (Å²) in [5.41, 5.74) is 1.95. The molecule has 132 valence electrons. The first-order valence-electron chi connectivity index (χ1n) is 8.27. The van der Waals surface area contributed by atoms with Crippen molar-refractivity contribution in [2.75, 3.05) is 23.3 Å². The molecule has 1 fully saturated rings. The van der Waals surface area contributed by atoms with E-state index in [0.717, 1.165) is 17.2 Å². The van der Waals surface area contributed by atoms with Crippen molar-refractivity contribution in [1.82, 2.24) is 29.7 Å². The van der Waals surface area contributed by atoms with Crippen molar-refractivity contribution in [1.29, 1.82) is 0 Å². The second kappa shape index (κ2) is 6.51. The maximum atomic E-state index is 12.3. The van der Waals surface area contributed by atoms with E-state index in [0.29, 0.717) is 24.7 Å². The minimum atomic E-state index is -0.107. The second-order valence-electron chi connectivity index (χ2n) is 6.26. The van der Waals surface area contributed by atoms with Gasteiger partial charge < -0.3 is 10.2 Å². The molecule has 0 bridgehead atoms. The Bertz CT molecular complexity index is 933. The third-order valence-electron chi connectivity index (χ3n) is 4.26. The Balaban J connectivity index is 1.42. The van der Waals surface area contributed by atoms with Gasteiger partial charge in [0.2, 0.25) is 5.91 Å². The number of carbonyl (C=O) groups is 1. The molecule has 9 nitrogen and oxygen atoms in total. The second-order valence-corrected chi connectivity index (χ2v) is 6.26.